The molecular formula is C30H42FN5O3. The molecule has 0 amide bonds. The number of carbonyl (C=O) groups is 1. The van der Waals surface area contributed by atoms with Gasteiger partial charge in [0.25, 0.3) is 0 Å². The van der Waals surface area contributed by atoms with Crippen molar-refractivity contribution in [1.82, 2.24) is 10.2 Å². The Hall–Kier alpha value is -3.82. The molecular weight excluding hydrogens is 497 g/mol. The zero-order valence-electron chi connectivity index (χ0n) is 23.8. The van der Waals surface area contributed by atoms with Gasteiger partial charge in [-0.3, -0.25) is 14.9 Å². The molecule has 0 bridgehead atoms. The number of hydrogen-bond donors (Lipinski definition) is 2. The topological polar surface area (TPSA) is 89.8 Å². The van der Waals surface area contributed by atoms with E-state index >= 15 is 0 Å². The third-order valence-electron chi connectivity index (χ3n) is 6.01. The highest BCUT2D eigenvalue weighted by Crippen LogP contribution is 2.26. The van der Waals surface area contributed by atoms with Gasteiger partial charge in [0.1, 0.15) is 17.9 Å². The Morgan fingerprint density at radius 3 is 2.31 bits per heavy atom. The number of aldehydes is 1. The molecule has 0 atom stereocenters. The maximum Gasteiger partial charge on any atom is 0.133 e. The number of halogens is 1. The number of anilines is 1. The summed E-state index contributed by atoms with van der Waals surface area (Å²) in [6, 6.07) is 12.8. The van der Waals surface area contributed by atoms with Gasteiger partial charge in [-0.05, 0) is 36.5 Å². The summed E-state index contributed by atoms with van der Waals surface area (Å²) in [7, 11) is 4.27. The molecule has 1 heterocycles. The van der Waals surface area contributed by atoms with E-state index in [9.17, 15) is 9.18 Å². The summed E-state index contributed by atoms with van der Waals surface area (Å²) in [6.07, 6.45) is 2.52. The highest BCUT2D eigenvalue weighted by Gasteiger charge is 2.18. The second kappa shape index (κ2) is 18.4. The minimum Gasteiger partial charge on any atom is -0.496 e. The second-order valence-electron chi connectivity index (χ2n) is 8.04. The Morgan fingerprint density at radius 2 is 1.77 bits per heavy atom. The van der Waals surface area contributed by atoms with E-state index in [4.69, 9.17) is 14.8 Å². The lowest BCUT2D eigenvalue weighted by Crippen LogP contribution is -2.46. The first-order valence-electron chi connectivity index (χ1n) is 12.9. The summed E-state index contributed by atoms with van der Waals surface area (Å²) in [5.74, 6) is 0.0561. The van der Waals surface area contributed by atoms with Gasteiger partial charge < -0.3 is 24.9 Å². The summed E-state index contributed by atoms with van der Waals surface area (Å²) >= 11 is 0. The third kappa shape index (κ3) is 9.46. The maximum absolute atomic E-state index is 14.5. The lowest BCUT2D eigenvalue weighted by Gasteiger charge is -2.35. The van der Waals surface area contributed by atoms with Gasteiger partial charge in [0.05, 0.1) is 43.4 Å². The lowest BCUT2D eigenvalue weighted by molar-refractivity contribution is -0.108. The van der Waals surface area contributed by atoms with Crippen molar-refractivity contribution in [2.24, 2.45) is 9.98 Å². The zero-order chi connectivity index (χ0) is 29.2. The van der Waals surface area contributed by atoms with E-state index in [1.807, 2.05) is 26.0 Å². The van der Waals surface area contributed by atoms with Crippen LogP contribution in [-0.2, 0) is 11.3 Å². The Bertz CT molecular complexity index is 1110. The van der Waals surface area contributed by atoms with E-state index < -0.39 is 0 Å². The molecule has 1 saturated heterocycles. The zero-order valence-corrected chi connectivity index (χ0v) is 23.8. The van der Waals surface area contributed by atoms with Crippen LogP contribution in [0.2, 0.25) is 0 Å². The first-order valence-corrected chi connectivity index (χ1v) is 12.9. The fourth-order valence-corrected chi connectivity index (χ4v) is 4.02. The molecule has 0 aromatic heterocycles. The van der Waals surface area contributed by atoms with E-state index in [2.05, 4.69) is 45.5 Å². The molecule has 1 aliphatic rings. The van der Waals surface area contributed by atoms with Gasteiger partial charge in [0.15, 0.2) is 0 Å². The average Bonchev–Trinajstić information content (AvgIpc) is 2.99. The van der Waals surface area contributed by atoms with Crippen molar-refractivity contribution in [3.05, 3.63) is 77.9 Å². The molecule has 8 nitrogen and oxygen atoms in total. The number of carbonyl (C=O) groups excluding carboxylic acids is 1. The number of nitrogens with zero attached hydrogens (tertiary/aromatic N) is 4. The SMILES string of the molecule is C=N/C=C(/NC)C(=NCc1c(F)cccc1OC)C(=C)c1ccc(N2CCN(CC=O)CC2)cc1.CC.CO. The number of allylic oxidation sites excluding steroid dienone is 1. The van der Waals surface area contributed by atoms with Crippen molar-refractivity contribution < 1.29 is 19.0 Å². The molecule has 2 aromatic carbocycles. The normalized spacial score (nSPS) is 13.8. The van der Waals surface area contributed by atoms with Gasteiger partial charge in [0.2, 0.25) is 0 Å². The number of benzene rings is 2. The number of piperazine rings is 1. The summed E-state index contributed by atoms with van der Waals surface area (Å²) in [5, 5.41) is 10.1. The number of methoxy groups -OCH3 is 1. The van der Waals surface area contributed by atoms with Crippen molar-refractivity contribution in [2.75, 3.05) is 58.9 Å². The van der Waals surface area contributed by atoms with Gasteiger partial charge in [-0.25, -0.2) is 4.39 Å². The Labute approximate surface area is 232 Å². The van der Waals surface area contributed by atoms with Crippen LogP contribution in [-0.4, -0.2) is 82.7 Å². The monoisotopic (exact) mass is 539 g/mol. The van der Waals surface area contributed by atoms with E-state index in [0.29, 0.717) is 34.8 Å². The van der Waals surface area contributed by atoms with Gasteiger partial charge in [0, 0.05) is 51.6 Å². The smallest absolute Gasteiger partial charge is 0.133 e. The molecule has 39 heavy (non-hydrogen) atoms. The largest absolute Gasteiger partial charge is 0.496 e. The predicted octanol–water partition coefficient (Wildman–Crippen LogP) is 4.21. The Morgan fingerprint density at radius 1 is 1.13 bits per heavy atom. The standard InChI is InChI=1S/C27H32FN5O2.C2H6.CH4O/c1-20(21-8-10-22(11-9-21)33-14-12-32(13-15-33)16-17-34)27(25(30-3)19-29-2)31-18-23-24(28)6-5-7-26(23)35-4;2*1-2/h5-11,17,19,30H,1-2,12-16,18H2,3-4H3;1-2H3;2H,1H3/b25-19+,31-27?;;. The van der Waals surface area contributed by atoms with Gasteiger partial charge >= 0.3 is 0 Å². The second-order valence-corrected chi connectivity index (χ2v) is 8.04. The molecule has 2 N–H and O–H groups in total. The molecule has 0 aliphatic carbocycles. The number of rotatable bonds is 11. The minimum absolute atomic E-state index is 0.0729. The first kappa shape index (κ1) is 33.2. The van der Waals surface area contributed by atoms with E-state index in [1.54, 1.807) is 25.4 Å². The molecule has 2 aromatic rings. The van der Waals surface area contributed by atoms with E-state index in [0.717, 1.165) is 50.8 Å². The molecule has 212 valence electrons. The number of nitrogens with one attached hydrogen (secondary N) is 1. The molecule has 1 aliphatic heterocycles. The quantitative estimate of drug-likeness (QED) is 0.329. The molecule has 0 spiro atoms. The molecule has 1 fully saturated rings. The number of aliphatic hydroxyl groups excluding tert-OH is 1. The third-order valence-corrected chi connectivity index (χ3v) is 6.01. The summed E-state index contributed by atoms with van der Waals surface area (Å²) < 4.78 is 19.8. The van der Waals surface area contributed by atoms with Crippen LogP contribution in [0.4, 0.5) is 10.1 Å². The molecule has 0 unspecified atom stereocenters. The van der Waals surface area contributed by atoms with Crippen LogP contribution < -0.4 is 15.0 Å². The van der Waals surface area contributed by atoms with Gasteiger partial charge in [-0.1, -0.05) is 38.6 Å². The summed E-state index contributed by atoms with van der Waals surface area (Å²) in [5.41, 5.74) is 4.21. The predicted molar refractivity (Wildman–Crippen MR) is 160 cm³/mol. The highest BCUT2D eigenvalue weighted by atomic mass is 19.1. The van der Waals surface area contributed by atoms with Crippen LogP contribution in [0.15, 0.2) is 70.9 Å². The van der Waals surface area contributed by atoms with Crippen molar-refractivity contribution in [3.63, 3.8) is 0 Å². The molecule has 9 heteroatoms. The first-order chi connectivity index (χ1) is 19.0. The number of ether oxygens (including phenoxy) is 1. The van der Waals surface area contributed by atoms with E-state index in [-0.39, 0.29) is 12.4 Å². The van der Waals surface area contributed by atoms with Crippen molar-refractivity contribution in [1.29, 1.82) is 0 Å². The summed E-state index contributed by atoms with van der Waals surface area (Å²) in [4.78, 5) is 23.8. The van der Waals surface area contributed by atoms with Crippen molar-refractivity contribution in [2.45, 2.75) is 20.4 Å². The van der Waals surface area contributed by atoms with Crippen LogP contribution in [0.25, 0.3) is 5.57 Å². The highest BCUT2D eigenvalue weighted by molar-refractivity contribution is 6.30. The van der Waals surface area contributed by atoms with Gasteiger partial charge in [-0.15, -0.1) is 0 Å². The molecule has 0 saturated carbocycles. The van der Waals surface area contributed by atoms with E-state index in [1.165, 1.54) is 13.2 Å². The molecule has 0 radical (unpaired) electrons. The fraction of sp³-hybridized carbons (Fsp3) is 0.367. The minimum atomic E-state index is -0.382. The fourth-order valence-electron chi connectivity index (χ4n) is 4.02. The number of aliphatic hydroxyl groups is 1. The number of aliphatic imine (C=N–C) groups is 2. The van der Waals surface area contributed by atoms with Crippen LogP contribution in [0.5, 0.6) is 5.75 Å². The Kier molecular flexibility index (Phi) is 15.7. The summed E-state index contributed by atoms with van der Waals surface area (Å²) in [6.45, 7) is 15.8. The van der Waals surface area contributed by atoms with Gasteiger partial charge in [-0.2, -0.15) is 0 Å². The van der Waals surface area contributed by atoms with Crippen LogP contribution >= 0.6 is 0 Å². The van der Waals surface area contributed by atoms with Crippen LogP contribution in [0.3, 0.4) is 0 Å². The van der Waals surface area contributed by atoms with Crippen molar-refractivity contribution >= 4 is 30.0 Å². The lowest BCUT2D eigenvalue weighted by atomic mass is 10.00. The Balaban J connectivity index is 0.00000181. The van der Waals surface area contributed by atoms with Crippen LogP contribution in [0, 0.1) is 5.82 Å². The maximum atomic E-state index is 14.5. The average molecular weight is 540 g/mol. The van der Waals surface area contributed by atoms with Crippen LogP contribution in [0.1, 0.15) is 25.0 Å². The molecule has 3 rings (SSSR count). The van der Waals surface area contributed by atoms with Crippen molar-refractivity contribution in [3.8, 4) is 5.75 Å². The number of hydrogen-bond acceptors (Lipinski definition) is 8.